The Morgan fingerprint density at radius 3 is 3.20 bits per heavy atom. The van der Waals surface area contributed by atoms with Crippen molar-refractivity contribution < 1.29 is 4.79 Å². The van der Waals surface area contributed by atoms with E-state index in [-0.39, 0.29) is 18.0 Å². The van der Waals surface area contributed by atoms with E-state index in [1.165, 1.54) is 0 Å². The van der Waals surface area contributed by atoms with Gasteiger partial charge in [0.1, 0.15) is 0 Å². The van der Waals surface area contributed by atoms with Gasteiger partial charge in [0.15, 0.2) is 0 Å². The summed E-state index contributed by atoms with van der Waals surface area (Å²) in [5.41, 5.74) is 2.08. The maximum atomic E-state index is 11.7. The molecule has 1 aliphatic heterocycles. The second-order valence-electron chi connectivity index (χ2n) is 4.13. The number of aromatic amines is 1. The summed E-state index contributed by atoms with van der Waals surface area (Å²) in [6.07, 6.45) is 2.34. The highest BCUT2D eigenvalue weighted by atomic mass is 16.2. The second kappa shape index (κ2) is 4.02. The van der Waals surface area contributed by atoms with Crippen LogP contribution in [-0.4, -0.2) is 28.0 Å². The molecule has 0 aliphatic carbocycles. The van der Waals surface area contributed by atoms with Gasteiger partial charge in [0.05, 0.1) is 23.8 Å². The molecule has 5 heteroatoms. The van der Waals surface area contributed by atoms with E-state index in [1.54, 1.807) is 6.33 Å². The van der Waals surface area contributed by atoms with E-state index in [0.29, 0.717) is 13.0 Å². The Labute approximate surface area is 88.7 Å². The number of hydrogen-bond acceptors (Lipinski definition) is 3. The predicted octanol–water partition coefficient (Wildman–Crippen LogP) is -0.0514. The normalized spacial score (nSPS) is 20.1. The van der Waals surface area contributed by atoms with Crippen LogP contribution in [0.25, 0.3) is 0 Å². The van der Waals surface area contributed by atoms with Gasteiger partial charge in [-0.1, -0.05) is 0 Å². The molecule has 1 atom stereocenters. The van der Waals surface area contributed by atoms with E-state index in [4.69, 9.17) is 0 Å². The monoisotopic (exact) mass is 208 g/mol. The van der Waals surface area contributed by atoms with Gasteiger partial charge in [0.25, 0.3) is 0 Å². The van der Waals surface area contributed by atoms with Crippen molar-refractivity contribution in [1.82, 2.24) is 20.6 Å². The molecule has 3 N–H and O–H groups in total. The van der Waals surface area contributed by atoms with Gasteiger partial charge in [-0.15, -0.1) is 0 Å². The standard InChI is InChI=1S/C10H16N4O/c1-6(2)14-10(15)8-3-7-9(4-11-8)13-5-12-7/h5-6,8,11H,3-4H2,1-2H3,(H,12,13)(H,14,15)/t8-/m0/s1. The van der Waals surface area contributed by atoms with Gasteiger partial charge in [-0.3, -0.25) is 10.1 Å². The molecule has 0 saturated heterocycles. The molecule has 0 bridgehead atoms. The SMILES string of the molecule is CC(C)NC(=O)[C@@H]1Cc2nc[nH]c2CN1. The number of nitrogens with zero attached hydrogens (tertiary/aromatic N) is 1. The average molecular weight is 208 g/mol. The van der Waals surface area contributed by atoms with Crippen LogP contribution in [0.2, 0.25) is 0 Å². The highest BCUT2D eigenvalue weighted by Crippen LogP contribution is 2.12. The van der Waals surface area contributed by atoms with E-state index in [2.05, 4.69) is 20.6 Å². The first-order valence-electron chi connectivity index (χ1n) is 5.21. The smallest absolute Gasteiger partial charge is 0.237 e. The first-order chi connectivity index (χ1) is 7.16. The lowest BCUT2D eigenvalue weighted by Crippen LogP contribution is -2.49. The number of hydrogen-bond donors (Lipinski definition) is 3. The summed E-state index contributed by atoms with van der Waals surface area (Å²) in [5, 5.41) is 6.08. The lowest BCUT2D eigenvalue weighted by Gasteiger charge is -2.23. The third-order valence-electron chi connectivity index (χ3n) is 2.48. The molecule has 1 aliphatic rings. The maximum absolute atomic E-state index is 11.7. The molecule has 0 fully saturated rings. The van der Waals surface area contributed by atoms with Gasteiger partial charge in [0, 0.05) is 19.0 Å². The van der Waals surface area contributed by atoms with Crippen LogP contribution < -0.4 is 10.6 Å². The van der Waals surface area contributed by atoms with E-state index in [1.807, 2.05) is 13.8 Å². The van der Waals surface area contributed by atoms with Crippen molar-refractivity contribution >= 4 is 5.91 Å². The number of nitrogens with one attached hydrogen (secondary N) is 3. The highest BCUT2D eigenvalue weighted by Gasteiger charge is 2.25. The third kappa shape index (κ3) is 2.18. The van der Waals surface area contributed by atoms with E-state index in [9.17, 15) is 4.79 Å². The van der Waals surface area contributed by atoms with Crippen molar-refractivity contribution in [2.24, 2.45) is 0 Å². The van der Waals surface area contributed by atoms with Gasteiger partial charge < -0.3 is 10.3 Å². The Bertz CT molecular complexity index is 358. The van der Waals surface area contributed by atoms with Crippen molar-refractivity contribution in [3.05, 3.63) is 17.7 Å². The Morgan fingerprint density at radius 2 is 2.47 bits per heavy atom. The first kappa shape index (κ1) is 10.2. The number of rotatable bonds is 2. The molecule has 1 amide bonds. The summed E-state index contributed by atoms with van der Waals surface area (Å²) in [6.45, 7) is 4.60. The van der Waals surface area contributed by atoms with Gasteiger partial charge in [-0.25, -0.2) is 4.98 Å². The van der Waals surface area contributed by atoms with Gasteiger partial charge in [-0.2, -0.15) is 0 Å². The summed E-state index contributed by atoms with van der Waals surface area (Å²) in [4.78, 5) is 19.0. The molecule has 0 aromatic carbocycles. The molecular formula is C10H16N4O. The highest BCUT2D eigenvalue weighted by molar-refractivity contribution is 5.82. The minimum Gasteiger partial charge on any atom is -0.353 e. The molecule has 0 saturated carbocycles. The van der Waals surface area contributed by atoms with Crippen molar-refractivity contribution in [2.45, 2.75) is 38.9 Å². The summed E-state index contributed by atoms with van der Waals surface area (Å²) < 4.78 is 0. The zero-order chi connectivity index (χ0) is 10.8. The van der Waals surface area contributed by atoms with Crippen LogP contribution in [0.3, 0.4) is 0 Å². The number of amides is 1. The van der Waals surface area contributed by atoms with Gasteiger partial charge in [0.2, 0.25) is 5.91 Å². The van der Waals surface area contributed by atoms with Crippen LogP contribution in [0.5, 0.6) is 0 Å². The predicted molar refractivity (Wildman–Crippen MR) is 56.2 cm³/mol. The fraction of sp³-hybridized carbons (Fsp3) is 0.600. The fourth-order valence-corrected chi connectivity index (χ4v) is 1.74. The Kier molecular flexibility index (Phi) is 2.73. The molecule has 1 aromatic heterocycles. The van der Waals surface area contributed by atoms with E-state index >= 15 is 0 Å². The lowest BCUT2D eigenvalue weighted by molar-refractivity contribution is -0.123. The molecular weight excluding hydrogens is 192 g/mol. The summed E-state index contributed by atoms with van der Waals surface area (Å²) in [6, 6.07) is 0.0306. The molecule has 0 unspecified atom stereocenters. The minimum absolute atomic E-state index is 0.0543. The van der Waals surface area contributed by atoms with Crippen LogP contribution in [0, 0.1) is 0 Å². The molecule has 5 nitrogen and oxygen atoms in total. The zero-order valence-electron chi connectivity index (χ0n) is 9.00. The number of carbonyl (C=O) groups is 1. The summed E-state index contributed by atoms with van der Waals surface area (Å²) in [7, 11) is 0. The quantitative estimate of drug-likeness (QED) is 0.638. The molecule has 15 heavy (non-hydrogen) atoms. The Balaban J connectivity index is 2.00. The number of carbonyl (C=O) groups excluding carboxylic acids is 1. The Hall–Kier alpha value is -1.36. The average Bonchev–Trinajstić information content (AvgIpc) is 2.62. The van der Waals surface area contributed by atoms with Crippen LogP contribution in [0.1, 0.15) is 25.2 Å². The Morgan fingerprint density at radius 1 is 1.67 bits per heavy atom. The van der Waals surface area contributed by atoms with Crippen LogP contribution in [0.15, 0.2) is 6.33 Å². The van der Waals surface area contributed by atoms with Gasteiger partial charge >= 0.3 is 0 Å². The summed E-state index contributed by atoms with van der Waals surface area (Å²) >= 11 is 0. The zero-order valence-corrected chi connectivity index (χ0v) is 9.00. The number of imidazole rings is 1. The largest absolute Gasteiger partial charge is 0.353 e. The topological polar surface area (TPSA) is 69.8 Å². The maximum Gasteiger partial charge on any atom is 0.237 e. The van der Waals surface area contributed by atoms with E-state index < -0.39 is 0 Å². The van der Waals surface area contributed by atoms with Crippen molar-refractivity contribution in [3.63, 3.8) is 0 Å². The first-order valence-corrected chi connectivity index (χ1v) is 5.21. The van der Waals surface area contributed by atoms with Gasteiger partial charge in [-0.05, 0) is 13.8 Å². The number of fused-ring (bicyclic) bond motifs is 1. The van der Waals surface area contributed by atoms with Crippen molar-refractivity contribution in [2.75, 3.05) is 0 Å². The molecule has 2 rings (SSSR count). The van der Waals surface area contributed by atoms with Crippen molar-refractivity contribution in [3.8, 4) is 0 Å². The van der Waals surface area contributed by atoms with Crippen molar-refractivity contribution in [1.29, 1.82) is 0 Å². The molecule has 2 heterocycles. The lowest BCUT2D eigenvalue weighted by atomic mass is 10.0. The van der Waals surface area contributed by atoms with E-state index in [0.717, 1.165) is 11.4 Å². The minimum atomic E-state index is -0.150. The second-order valence-corrected chi connectivity index (χ2v) is 4.13. The molecule has 1 aromatic rings. The fourth-order valence-electron chi connectivity index (χ4n) is 1.74. The molecule has 0 radical (unpaired) electrons. The van der Waals surface area contributed by atoms with Crippen LogP contribution in [0.4, 0.5) is 0 Å². The van der Waals surface area contributed by atoms with Crippen LogP contribution in [-0.2, 0) is 17.8 Å². The number of H-pyrrole nitrogens is 1. The summed E-state index contributed by atoms with van der Waals surface area (Å²) in [5.74, 6) is 0.0543. The molecule has 0 spiro atoms. The van der Waals surface area contributed by atoms with Crippen LogP contribution >= 0.6 is 0 Å². The third-order valence-corrected chi connectivity index (χ3v) is 2.48. The molecule has 82 valence electrons. The number of aromatic nitrogens is 2.